The number of carbonyl (C=O) groups is 1. The Bertz CT molecular complexity index is 1030. The molecule has 9 heteroatoms. The van der Waals surface area contributed by atoms with E-state index in [4.69, 9.17) is 14.2 Å². The maximum absolute atomic E-state index is 13.1. The molecule has 0 saturated carbocycles. The average molecular weight is 427 g/mol. The van der Waals surface area contributed by atoms with Crippen molar-refractivity contribution in [1.29, 1.82) is 0 Å². The summed E-state index contributed by atoms with van der Waals surface area (Å²) < 4.78 is 28.9. The molecule has 1 unspecified atom stereocenters. The Labute approximate surface area is 176 Å². The molecule has 0 bridgehead atoms. The molecule has 8 nitrogen and oxygen atoms in total. The molecule has 0 saturated heterocycles. The van der Waals surface area contributed by atoms with Gasteiger partial charge in [0.25, 0.3) is 5.91 Å². The zero-order valence-corrected chi connectivity index (χ0v) is 17.3. The van der Waals surface area contributed by atoms with E-state index < -0.39 is 16.7 Å². The number of nitrogens with one attached hydrogen (secondary N) is 1. The van der Waals surface area contributed by atoms with Gasteiger partial charge in [-0.15, -0.1) is 0 Å². The van der Waals surface area contributed by atoms with Crippen molar-refractivity contribution in [3.8, 4) is 11.5 Å². The summed E-state index contributed by atoms with van der Waals surface area (Å²) in [5.74, 6) is 0.799. The molecule has 0 radical (unpaired) electrons. The molecule has 156 valence electrons. The minimum Gasteiger partial charge on any atom is -0.497 e. The van der Waals surface area contributed by atoms with Crippen LogP contribution in [0.1, 0.15) is 15.9 Å². The predicted molar refractivity (Wildman–Crippen MR) is 112 cm³/mol. The first-order valence-corrected chi connectivity index (χ1v) is 10.3. The first-order chi connectivity index (χ1) is 14.6. The standard InChI is InChI=1S/C21H21N3O5S/c1-27-14-29-19-12-17(28-2)6-5-15(19)13-30(26)21-18(4-3-9-23-21)20(25)24-16-7-10-22-11-8-16/h3-12H,13-14H2,1-2H3,(H,22,24,25). The number of pyridine rings is 2. The Morgan fingerprint density at radius 2 is 1.90 bits per heavy atom. The maximum Gasteiger partial charge on any atom is 0.258 e. The summed E-state index contributed by atoms with van der Waals surface area (Å²) in [5, 5.41) is 2.95. The molecule has 1 aromatic carbocycles. The van der Waals surface area contributed by atoms with Crippen molar-refractivity contribution in [2.45, 2.75) is 10.8 Å². The monoisotopic (exact) mass is 427 g/mol. The minimum atomic E-state index is -1.59. The van der Waals surface area contributed by atoms with Crippen LogP contribution in [0, 0.1) is 0 Å². The fraction of sp³-hybridized carbons (Fsp3) is 0.190. The Morgan fingerprint density at radius 3 is 2.63 bits per heavy atom. The van der Waals surface area contributed by atoms with E-state index in [-0.39, 0.29) is 23.1 Å². The summed E-state index contributed by atoms with van der Waals surface area (Å²) in [6.45, 7) is 0.0377. The van der Waals surface area contributed by atoms with Gasteiger partial charge in [0.1, 0.15) is 16.5 Å². The van der Waals surface area contributed by atoms with Gasteiger partial charge in [0.05, 0.1) is 29.2 Å². The number of anilines is 1. The van der Waals surface area contributed by atoms with E-state index in [0.29, 0.717) is 22.7 Å². The molecular formula is C21H21N3O5S. The van der Waals surface area contributed by atoms with E-state index in [9.17, 15) is 9.00 Å². The molecule has 1 amide bonds. The van der Waals surface area contributed by atoms with Gasteiger partial charge in [-0.25, -0.2) is 4.98 Å². The lowest BCUT2D eigenvalue weighted by Crippen LogP contribution is -2.16. The van der Waals surface area contributed by atoms with Gasteiger partial charge in [-0.05, 0) is 30.3 Å². The molecule has 3 aromatic rings. The Hall–Kier alpha value is -3.30. The molecule has 3 rings (SSSR count). The number of hydrogen-bond acceptors (Lipinski definition) is 7. The van der Waals surface area contributed by atoms with Crippen LogP contribution in [-0.2, 0) is 21.3 Å². The number of aromatic nitrogens is 2. The van der Waals surface area contributed by atoms with Crippen molar-refractivity contribution in [3.63, 3.8) is 0 Å². The van der Waals surface area contributed by atoms with Gasteiger partial charge < -0.3 is 19.5 Å². The fourth-order valence-corrected chi connectivity index (χ4v) is 3.87. The highest BCUT2D eigenvalue weighted by Gasteiger charge is 2.19. The van der Waals surface area contributed by atoms with Crippen molar-refractivity contribution in [3.05, 3.63) is 72.2 Å². The average Bonchev–Trinajstić information content (AvgIpc) is 2.79. The summed E-state index contributed by atoms with van der Waals surface area (Å²) in [5.41, 5.74) is 1.50. The SMILES string of the molecule is COCOc1cc(OC)ccc1CS(=O)c1ncccc1C(=O)Nc1ccncc1. The van der Waals surface area contributed by atoms with Crippen molar-refractivity contribution in [2.75, 3.05) is 26.3 Å². The molecular weight excluding hydrogens is 406 g/mol. The van der Waals surface area contributed by atoms with Crippen molar-refractivity contribution in [2.24, 2.45) is 0 Å². The first-order valence-electron chi connectivity index (χ1n) is 8.95. The van der Waals surface area contributed by atoms with Crippen molar-refractivity contribution < 1.29 is 23.2 Å². The fourth-order valence-electron chi connectivity index (χ4n) is 2.63. The van der Waals surface area contributed by atoms with Crippen LogP contribution >= 0.6 is 0 Å². The summed E-state index contributed by atoms with van der Waals surface area (Å²) >= 11 is 0. The van der Waals surface area contributed by atoms with E-state index in [2.05, 4.69) is 15.3 Å². The molecule has 0 aliphatic carbocycles. The van der Waals surface area contributed by atoms with Crippen LogP contribution < -0.4 is 14.8 Å². The first kappa shape index (κ1) is 21.4. The van der Waals surface area contributed by atoms with Gasteiger partial charge in [-0.1, -0.05) is 6.07 Å². The zero-order valence-electron chi connectivity index (χ0n) is 16.5. The van der Waals surface area contributed by atoms with E-state index in [0.717, 1.165) is 0 Å². The molecule has 1 atom stereocenters. The molecule has 1 N–H and O–H groups in total. The number of amides is 1. The van der Waals surface area contributed by atoms with Gasteiger partial charge in [-0.3, -0.25) is 14.0 Å². The Balaban J connectivity index is 1.83. The van der Waals surface area contributed by atoms with Crippen molar-refractivity contribution >= 4 is 22.4 Å². The largest absolute Gasteiger partial charge is 0.497 e. The van der Waals surface area contributed by atoms with E-state index in [1.54, 1.807) is 62.0 Å². The molecule has 2 aromatic heterocycles. The molecule has 30 heavy (non-hydrogen) atoms. The number of methoxy groups -OCH3 is 2. The van der Waals surface area contributed by atoms with Crippen LogP contribution in [0.25, 0.3) is 0 Å². The third-order valence-corrected chi connectivity index (χ3v) is 5.39. The second-order valence-electron chi connectivity index (χ2n) is 6.06. The van der Waals surface area contributed by atoms with Crippen LogP contribution in [0.2, 0.25) is 0 Å². The van der Waals surface area contributed by atoms with Gasteiger partial charge >= 0.3 is 0 Å². The van der Waals surface area contributed by atoms with Crippen LogP contribution in [0.15, 0.2) is 66.1 Å². The number of benzene rings is 1. The second kappa shape index (κ2) is 10.5. The minimum absolute atomic E-state index is 0.0377. The Kier molecular flexibility index (Phi) is 7.47. The number of nitrogens with zero attached hydrogens (tertiary/aromatic N) is 2. The summed E-state index contributed by atoms with van der Waals surface area (Å²) in [4.78, 5) is 20.8. The maximum atomic E-state index is 13.1. The van der Waals surface area contributed by atoms with Gasteiger partial charge in [0.2, 0.25) is 0 Å². The summed E-state index contributed by atoms with van der Waals surface area (Å²) in [6, 6.07) is 11.8. The third-order valence-electron chi connectivity index (χ3n) is 4.06. The topological polar surface area (TPSA) is 99.6 Å². The highest BCUT2D eigenvalue weighted by molar-refractivity contribution is 7.84. The number of hydrogen-bond donors (Lipinski definition) is 1. The highest BCUT2D eigenvalue weighted by Crippen LogP contribution is 2.27. The van der Waals surface area contributed by atoms with Crippen LogP contribution in [0.5, 0.6) is 11.5 Å². The smallest absolute Gasteiger partial charge is 0.258 e. The normalized spacial score (nSPS) is 11.5. The van der Waals surface area contributed by atoms with E-state index >= 15 is 0 Å². The quantitative estimate of drug-likeness (QED) is 0.524. The Morgan fingerprint density at radius 1 is 1.10 bits per heavy atom. The van der Waals surface area contributed by atoms with Crippen LogP contribution in [-0.4, -0.2) is 41.1 Å². The molecule has 0 aliphatic heterocycles. The lowest BCUT2D eigenvalue weighted by atomic mass is 10.2. The molecule has 0 aliphatic rings. The molecule has 2 heterocycles. The number of carbonyl (C=O) groups excluding carboxylic acids is 1. The number of ether oxygens (including phenoxy) is 3. The van der Waals surface area contributed by atoms with Gasteiger partial charge in [-0.2, -0.15) is 0 Å². The summed E-state index contributed by atoms with van der Waals surface area (Å²) in [6.07, 6.45) is 4.65. The lowest BCUT2D eigenvalue weighted by molar-refractivity contribution is 0.0504. The zero-order chi connectivity index (χ0) is 21.3. The second-order valence-corrected chi connectivity index (χ2v) is 7.43. The van der Waals surface area contributed by atoms with Crippen molar-refractivity contribution in [1.82, 2.24) is 9.97 Å². The van der Waals surface area contributed by atoms with Gasteiger partial charge in [0.15, 0.2) is 6.79 Å². The van der Waals surface area contributed by atoms with Crippen LogP contribution in [0.4, 0.5) is 5.69 Å². The molecule has 0 spiro atoms. The lowest BCUT2D eigenvalue weighted by Gasteiger charge is -2.13. The summed E-state index contributed by atoms with van der Waals surface area (Å²) in [7, 11) is 1.47. The van der Waals surface area contributed by atoms with E-state index in [1.165, 1.54) is 13.3 Å². The van der Waals surface area contributed by atoms with E-state index in [1.807, 2.05) is 0 Å². The van der Waals surface area contributed by atoms with Gasteiger partial charge in [0, 0.05) is 43.0 Å². The molecule has 0 fully saturated rings. The number of rotatable bonds is 9. The van der Waals surface area contributed by atoms with Crippen LogP contribution in [0.3, 0.4) is 0 Å². The third kappa shape index (κ3) is 5.40. The highest BCUT2D eigenvalue weighted by atomic mass is 32.2. The predicted octanol–water partition coefficient (Wildman–Crippen LogP) is 3.03.